The minimum absolute atomic E-state index is 0.0880. The molecule has 1 heterocycles. The zero-order chi connectivity index (χ0) is 11.9. The summed E-state index contributed by atoms with van der Waals surface area (Å²) in [6.45, 7) is 10.1. The van der Waals surface area contributed by atoms with Crippen LogP contribution in [-0.4, -0.2) is 40.4 Å². The smallest absolute Gasteiger partial charge is 0.410 e. The number of hydrogen-bond donors (Lipinski definition) is 1. The third-order valence-corrected chi connectivity index (χ3v) is 2.72. The molecule has 0 bridgehead atoms. The van der Waals surface area contributed by atoms with E-state index in [9.17, 15) is 9.90 Å². The molecule has 1 aliphatic heterocycles. The summed E-state index contributed by atoms with van der Waals surface area (Å²) in [5.41, 5.74) is -1.27. The van der Waals surface area contributed by atoms with Gasteiger partial charge in [0.25, 0.3) is 0 Å². The third-order valence-electron chi connectivity index (χ3n) is 2.72. The van der Waals surface area contributed by atoms with Crippen molar-refractivity contribution in [1.82, 2.24) is 4.90 Å². The van der Waals surface area contributed by atoms with Crippen molar-refractivity contribution >= 4 is 6.09 Å². The molecule has 0 unspecified atom stereocenters. The molecule has 0 aromatic carbocycles. The maximum atomic E-state index is 11.7. The van der Waals surface area contributed by atoms with Gasteiger partial charge in [-0.3, -0.25) is 0 Å². The standard InChI is InChI=1S/C11H21NO3/c1-8-6-12(7-11(8,5)14)9(13)15-10(2,3)4/h8,14H,6-7H2,1-5H3/t8-,11+/m1/s1. The Kier molecular flexibility index (Phi) is 3.01. The molecule has 1 fully saturated rings. The molecule has 0 saturated carbocycles. The van der Waals surface area contributed by atoms with Crippen molar-refractivity contribution < 1.29 is 14.6 Å². The van der Waals surface area contributed by atoms with Gasteiger partial charge in [0.05, 0.1) is 12.1 Å². The van der Waals surface area contributed by atoms with Gasteiger partial charge in [-0.1, -0.05) is 6.92 Å². The van der Waals surface area contributed by atoms with E-state index >= 15 is 0 Å². The van der Waals surface area contributed by atoms with E-state index in [-0.39, 0.29) is 12.0 Å². The Bertz CT molecular complexity index is 255. The Morgan fingerprint density at radius 1 is 1.53 bits per heavy atom. The normalized spacial score (nSPS) is 31.9. The molecule has 4 heteroatoms. The molecule has 15 heavy (non-hydrogen) atoms. The van der Waals surface area contributed by atoms with Crippen LogP contribution in [0.4, 0.5) is 4.79 Å². The van der Waals surface area contributed by atoms with Crippen molar-refractivity contribution in [3.05, 3.63) is 0 Å². The minimum atomic E-state index is -0.795. The summed E-state index contributed by atoms with van der Waals surface area (Å²) in [6, 6.07) is 0. The summed E-state index contributed by atoms with van der Waals surface area (Å²) in [7, 11) is 0. The number of β-amino-alcohol motifs (C(OH)–C–C–N with tert-alkyl or cyclic N) is 1. The van der Waals surface area contributed by atoms with Crippen LogP contribution in [0, 0.1) is 5.92 Å². The predicted octanol–water partition coefficient (Wildman–Crippen LogP) is 1.62. The van der Waals surface area contributed by atoms with Crippen LogP contribution in [0.25, 0.3) is 0 Å². The Labute approximate surface area is 91.2 Å². The predicted molar refractivity (Wildman–Crippen MR) is 57.6 cm³/mol. The maximum absolute atomic E-state index is 11.7. The van der Waals surface area contributed by atoms with Gasteiger partial charge in [-0.2, -0.15) is 0 Å². The summed E-state index contributed by atoms with van der Waals surface area (Å²) < 4.78 is 5.24. The van der Waals surface area contributed by atoms with Gasteiger partial charge >= 0.3 is 6.09 Å². The van der Waals surface area contributed by atoms with Gasteiger partial charge in [0.2, 0.25) is 0 Å². The number of ether oxygens (including phenoxy) is 1. The summed E-state index contributed by atoms with van der Waals surface area (Å²) >= 11 is 0. The van der Waals surface area contributed by atoms with Gasteiger partial charge in [0.1, 0.15) is 5.60 Å². The van der Waals surface area contributed by atoms with Crippen LogP contribution in [0.1, 0.15) is 34.6 Å². The quantitative estimate of drug-likeness (QED) is 0.668. The molecular formula is C11H21NO3. The largest absolute Gasteiger partial charge is 0.444 e. The second kappa shape index (κ2) is 3.67. The number of likely N-dealkylation sites (tertiary alicyclic amines) is 1. The van der Waals surface area contributed by atoms with Crippen molar-refractivity contribution in [3.63, 3.8) is 0 Å². The summed E-state index contributed by atoms with van der Waals surface area (Å²) in [5, 5.41) is 9.93. The van der Waals surface area contributed by atoms with Crippen molar-refractivity contribution in [2.45, 2.75) is 45.8 Å². The fourth-order valence-electron chi connectivity index (χ4n) is 1.60. The average molecular weight is 215 g/mol. The molecule has 2 atom stereocenters. The molecule has 1 saturated heterocycles. The average Bonchev–Trinajstić information content (AvgIpc) is 2.23. The lowest BCUT2D eigenvalue weighted by Crippen LogP contribution is -2.38. The van der Waals surface area contributed by atoms with Crippen molar-refractivity contribution in [2.24, 2.45) is 5.92 Å². The second-order valence-corrected chi connectivity index (χ2v) is 5.62. The van der Waals surface area contributed by atoms with E-state index in [0.717, 1.165) is 0 Å². The Hall–Kier alpha value is -0.770. The number of nitrogens with zero attached hydrogens (tertiary/aromatic N) is 1. The third kappa shape index (κ3) is 3.09. The van der Waals surface area contributed by atoms with Crippen LogP contribution in [0.5, 0.6) is 0 Å². The van der Waals surface area contributed by atoms with E-state index in [1.54, 1.807) is 11.8 Å². The number of rotatable bonds is 0. The molecule has 4 nitrogen and oxygen atoms in total. The monoisotopic (exact) mass is 215 g/mol. The second-order valence-electron chi connectivity index (χ2n) is 5.62. The molecule has 0 aromatic heterocycles. The van der Waals surface area contributed by atoms with E-state index in [0.29, 0.717) is 13.1 Å². The topological polar surface area (TPSA) is 49.8 Å². The van der Waals surface area contributed by atoms with Gasteiger partial charge in [-0.25, -0.2) is 4.79 Å². The maximum Gasteiger partial charge on any atom is 0.410 e. The highest BCUT2D eigenvalue weighted by Gasteiger charge is 2.41. The van der Waals surface area contributed by atoms with E-state index in [4.69, 9.17) is 4.74 Å². The van der Waals surface area contributed by atoms with Gasteiger partial charge in [0, 0.05) is 12.5 Å². The first-order valence-corrected chi connectivity index (χ1v) is 5.32. The van der Waals surface area contributed by atoms with Crippen molar-refractivity contribution in [2.75, 3.05) is 13.1 Å². The van der Waals surface area contributed by atoms with Gasteiger partial charge < -0.3 is 14.7 Å². The van der Waals surface area contributed by atoms with E-state index in [1.807, 2.05) is 27.7 Å². The molecular weight excluding hydrogens is 194 g/mol. The summed E-state index contributed by atoms with van der Waals surface area (Å²) in [6.07, 6.45) is -0.341. The van der Waals surface area contributed by atoms with Crippen LogP contribution >= 0.6 is 0 Å². The van der Waals surface area contributed by atoms with Crippen molar-refractivity contribution in [3.8, 4) is 0 Å². The number of amides is 1. The van der Waals surface area contributed by atoms with Gasteiger partial charge in [-0.15, -0.1) is 0 Å². The lowest BCUT2D eigenvalue weighted by Gasteiger charge is -2.25. The summed E-state index contributed by atoms with van der Waals surface area (Å²) in [4.78, 5) is 13.3. The first-order valence-electron chi connectivity index (χ1n) is 5.32. The van der Waals surface area contributed by atoms with Crippen LogP contribution < -0.4 is 0 Å². The van der Waals surface area contributed by atoms with E-state index < -0.39 is 11.2 Å². The molecule has 0 aromatic rings. The molecule has 1 rings (SSSR count). The molecule has 0 spiro atoms. The van der Waals surface area contributed by atoms with E-state index in [1.165, 1.54) is 0 Å². The molecule has 88 valence electrons. The molecule has 0 radical (unpaired) electrons. The number of carbonyl (C=O) groups is 1. The SMILES string of the molecule is C[C@@H]1CN(C(=O)OC(C)(C)C)C[C@]1(C)O. The number of aliphatic hydroxyl groups is 1. The fraction of sp³-hybridized carbons (Fsp3) is 0.909. The van der Waals surface area contributed by atoms with Crippen LogP contribution in [0.2, 0.25) is 0 Å². The zero-order valence-electron chi connectivity index (χ0n) is 10.2. The highest BCUT2D eigenvalue weighted by molar-refractivity contribution is 5.68. The van der Waals surface area contributed by atoms with Crippen LogP contribution in [0.3, 0.4) is 0 Å². The van der Waals surface area contributed by atoms with Crippen LogP contribution in [0.15, 0.2) is 0 Å². The highest BCUT2D eigenvalue weighted by Crippen LogP contribution is 2.27. The molecule has 1 aliphatic rings. The first kappa shape index (κ1) is 12.3. The lowest BCUT2D eigenvalue weighted by molar-refractivity contribution is 0.0152. The minimum Gasteiger partial charge on any atom is -0.444 e. The van der Waals surface area contributed by atoms with E-state index in [2.05, 4.69) is 0 Å². The molecule has 0 aliphatic carbocycles. The van der Waals surface area contributed by atoms with Crippen molar-refractivity contribution in [1.29, 1.82) is 0 Å². The fourth-order valence-corrected chi connectivity index (χ4v) is 1.60. The lowest BCUT2D eigenvalue weighted by atomic mass is 9.95. The van der Waals surface area contributed by atoms with Gasteiger partial charge in [-0.05, 0) is 27.7 Å². The first-order chi connectivity index (χ1) is 6.62. The number of carbonyl (C=O) groups excluding carboxylic acids is 1. The highest BCUT2D eigenvalue weighted by atomic mass is 16.6. The Balaban J connectivity index is 2.58. The zero-order valence-corrected chi connectivity index (χ0v) is 10.2. The van der Waals surface area contributed by atoms with Crippen LogP contribution in [-0.2, 0) is 4.74 Å². The molecule has 1 amide bonds. The van der Waals surface area contributed by atoms with Gasteiger partial charge in [0.15, 0.2) is 0 Å². The Morgan fingerprint density at radius 2 is 2.07 bits per heavy atom. The Morgan fingerprint density at radius 3 is 2.40 bits per heavy atom. The molecule has 1 N–H and O–H groups in total. The summed E-state index contributed by atoms with van der Waals surface area (Å²) in [5.74, 6) is 0.0880. The number of hydrogen-bond acceptors (Lipinski definition) is 3.